The van der Waals surface area contributed by atoms with Crippen LogP contribution in [0.5, 0.6) is 5.75 Å². The van der Waals surface area contributed by atoms with Gasteiger partial charge in [0.05, 0.1) is 11.8 Å². The largest absolute Gasteiger partial charge is 0.506 e. The number of urea groups is 1. The third-order valence-electron chi connectivity index (χ3n) is 3.41. The van der Waals surface area contributed by atoms with E-state index in [1.165, 1.54) is 18.2 Å². The molecule has 1 fully saturated rings. The molecule has 1 aliphatic heterocycles. The molecular weight excluding hydrogens is 327 g/mol. The number of amides is 3. The van der Waals surface area contributed by atoms with Gasteiger partial charge < -0.3 is 5.11 Å². The first-order valence-corrected chi connectivity index (χ1v) is 6.74. The molecule has 0 atom stereocenters. The van der Waals surface area contributed by atoms with E-state index in [9.17, 15) is 27.9 Å². The van der Waals surface area contributed by atoms with E-state index in [2.05, 4.69) is 4.98 Å². The van der Waals surface area contributed by atoms with Crippen LogP contribution >= 0.6 is 0 Å². The number of imide groups is 1. The molecule has 1 N–H and O–H groups in total. The normalized spacial score (nSPS) is 15.3. The fourth-order valence-corrected chi connectivity index (χ4v) is 2.29. The van der Waals surface area contributed by atoms with Crippen molar-refractivity contribution in [3.05, 3.63) is 48.2 Å². The van der Waals surface area contributed by atoms with E-state index in [-0.39, 0.29) is 17.3 Å². The molecular formula is C15H10F3N3O3. The smallest absolute Gasteiger partial charge is 0.416 e. The number of carbonyl (C=O) groups is 2. The molecule has 3 rings (SSSR count). The third kappa shape index (κ3) is 2.75. The molecule has 0 saturated carbocycles. The molecule has 9 heteroatoms. The average Bonchev–Trinajstić information content (AvgIpc) is 2.83. The summed E-state index contributed by atoms with van der Waals surface area (Å²) in [7, 11) is 0. The Hall–Kier alpha value is -3.10. The summed E-state index contributed by atoms with van der Waals surface area (Å²) in [5.74, 6) is -0.791. The number of aromatic hydroxyl groups is 1. The minimum absolute atomic E-state index is 0.0164. The Morgan fingerprint density at radius 1 is 1.12 bits per heavy atom. The zero-order chi connectivity index (χ0) is 17.5. The summed E-state index contributed by atoms with van der Waals surface area (Å²) < 4.78 is 38.4. The Morgan fingerprint density at radius 2 is 1.88 bits per heavy atom. The van der Waals surface area contributed by atoms with Gasteiger partial charge in [-0.3, -0.25) is 9.69 Å². The Morgan fingerprint density at radius 3 is 2.50 bits per heavy atom. The van der Waals surface area contributed by atoms with Crippen molar-refractivity contribution >= 4 is 23.4 Å². The molecule has 0 radical (unpaired) electrons. The Kier molecular flexibility index (Phi) is 3.63. The standard InChI is InChI=1S/C15H10F3N3O3/c16-15(17,18)9-2-1-3-10(6-9)20-8-13(23)21(14(20)24)12-5-4-11(22)7-19-12/h1-7,22H,8H2. The second kappa shape index (κ2) is 5.52. The number of benzene rings is 1. The van der Waals surface area contributed by atoms with Gasteiger partial charge in [0.15, 0.2) is 0 Å². The van der Waals surface area contributed by atoms with Crippen LogP contribution in [0.3, 0.4) is 0 Å². The number of aromatic nitrogens is 1. The zero-order valence-electron chi connectivity index (χ0n) is 12.0. The van der Waals surface area contributed by atoms with Crippen molar-refractivity contribution in [2.45, 2.75) is 6.18 Å². The number of carbonyl (C=O) groups excluding carboxylic acids is 2. The summed E-state index contributed by atoms with van der Waals surface area (Å²) in [6.45, 7) is -0.400. The molecule has 2 aromatic rings. The maximum atomic E-state index is 12.8. The van der Waals surface area contributed by atoms with E-state index in [1.807, 2.05) is 0 Å². The van der Waals surface area contributed by atoms with E-state index in [0.717, 1.165) is 34.2 Å². The number of pyridine rings is 1. The molecule has 0 aliphatic carbocycles. The molecule has 0 unspecified atom stereocenters. The lowest BCUT2D eigenvalue weighted by atomic mass is 10.2. The summed E-state index contributed by atoms with van der Waals surface area (Å²) in [5, 5.41) is 9.20. The van der Waals surface area contributed by atoms with Crippen molar-refractivity contribution in [2.75, 3.05) is 16.3 Å². The number of halogens is 3. The molecule has 2 heterocycles. The summed E-state index contributed by atoms with van der Waals surface area (Å²) in [4.78, 5) is 29.9. The fourth-order valence-electron chi connectivity index (χ4n) is 2.29. The molecule has 1 saturated heterocycles. The monoisotopic (exact) mass is 337 g/mol. The van der Waals surface area contributed by atoms with Gasteiger partial charge in [-0.15, -0.1) is 0 Å². The Balaban J connectivity index is 1.93. The lowest BCUT2D eigenvalue weighted by molar-refractivity contribution is -0.137. The summed E-state index contributed by atoms with van der Waals surface area (Å²) in [6.07, 6.45) is -3.50. The van der Waals surface area contributed by atoms with Gasteiger partial charge in [-0.1, -0.05) is 6.07 Å². The van der Waals surface area contributed by atoms with Crippen LogP contribution in [0.1, 0.15) is 5.56 Å². The minimum Gasteiger partial charge on any atom is -0.506 e. The van der Waals surface area contributed by atoms with Crippen LogP contribution in [0, 0.1) is 0 Å². The lowest BCUT2D eigenvalue weighted by Crippen LogP contribution is -2.33. The van der Waals surface area contributed by atoms with Crippen molar-refractivity contribution in [3.8, 4) is 5.75 Å². The average molecular weight is 337 g/mol. The highest BCUT2D eigenvalue weighted by molar-refractivity contribution is 6.26. The van der Waals surface area contributed by atoms with Crippen molar-refractivity contribution in [1.82, 2.24) is 4.98 Å². The number of rotatable bonds is 2. The molecule has 1 aromatic heterocycles. The first kappa shape index (κ1) is 15.8. The van der Waals surface area contributed by atoms with Crippen LogP contribution in [-0.4, -0.2) is 28.6 Å². The maximum absolute atomic E-state index is 12.8. The van der Waals surface area contributed by atoms with Crippen LogP contribution < -0.4 is 9.80 Å². The number of alkyl halides is 3. The van der Waals surface area contributed by atoms with E-state index < -0.39 is 30.2 Å². The number of nitrogens with zero attached hydrogens (tertiary/aromatic N) is 3. The SMILES string of the molecule is O=C1CN(c2cccc(C(F)(F)F)c2)C(=O)N1c1ccc(O)cn1. The van der Waals surface area contributed by atoms with E-state index in [4.69, 9.17) is 0 Å². The first-order chi connectivity index (χ1) is 11.3. The second-order valence-electron chi connectivity index (χ2n) is 5.02. The highest BCUT2D eigenvalue weighted by Crippen LogP contribution is 2.33. The van der Waals surface area contributed by atoms with Gasteiger partial charge in [-0.2, -0.15) is 13.2 Å². The summed E-state index contributed by atoms with van der Waals surface area (Å²) in [6, 6.07) is 5.87. The molecule has 1 aliphatic rings. The topological polar surface area (TPSA) is 73.7 Å². The molecule has 124 valence electrons. The van der Waals surface area contributed by atoms with Crippen molar-refractivity contribution < 1.29 is 27.9 Å². The Labute approximate surface area is 133 Å². The second-order valence-corrected chi connectivity index (χ2v) is 5.02. The fraction of sp³-hybridized carbons (Fsp3) is 0.133. The Bertz CT molecular complexity index is 806. The van der Waals surface area contributed by atoms with Gasteiger partial charge >= 0.3 is 12.2 Å². The van der Waals surface area contributed by atoms with Crippen molar-refractivity contribution in [1.29, 1.82) is 0 Å². The van der Waals surface area contributed by atoms with Crippen LogP contribution in [0.2, 0.25) is 0 Å². The quantitative estimate of drug-likeness (QED) is 0.855. The zero-order valence-corrected chi connectivity index (χ0v) is 12.0. The third-order valence-corrected chi connectivity index (χ3v) is 3.41. The van der Waals surface area contributed by atoms with E-state index >= 15 is 0 Å². The van der Waals surface area contributed by atoms with Crippen LogP contribution in [-0.2, 0) is 11.0 Å². The molecule has 3 amide bonds. The summed E-state index contributed by atoms with van der Waals surface area (Å²) >= 11 is 0. The number of hydrogen-bond donors (Lipinski definition) is 1. The minimum atomic E-state index is -4.55. The lowest BCUT2D eigenvalue weighted by Gasteiger charge is -2.17. The molecule has 1 aromatic carbocycles. The van der Waals surface area contributed by atoms with Gasteiger partial charge in [-0.05, 0) is 30.3 Å². The first-order valence-electron chi connectivity index (χ1n) is 6.74. The van der Waals surface area contributed by atoms with Gasteiger partial charge in [0.25, 0.3) is 5.91 Å². The highest BCUT2D eigenvalue weighted by Gasteiger charge is 2.39. The van der Waals surface area contributed by atoms with Gasteiger partial charge in [0.1, 0.15) is 18.1 Å². The molecule has 0 spiro atoms. The van der Waals surface area contributed by atoms with E-state index in [1.54, 1.807) is 0 Å². The summed E-state index contributed by atoms with van der Waals surface area (Å²) in [5.41, 5.74) is -0.953. The van der Waals surface area contributed by atoms with Gasteiger partial charge in [0.2, 0.25) is 0 Å². The molecule has 6 nitrogen and oxygen atoms in total. The van der Waals surface area contributed by atoms with E-state index in [0.29, 0.717) is 0 Å². The molecule has 24 heavy (non-hydrogen) atoms. The number of anilines is 2. The highest BCUT2D eigenvalue weighted by atomic mass is 19.4. The van der Waals surface area contributed by atoms with Crippen LogP contribution in [0.4, 0.5) is 29.5 Å². The molecule has 0 bridgehead atoms. The van der Waals surface area contributed by atoms with Crippen LogP contribution in [0.25, 0.3) is 0 Å². The maximum Gasteiger partial charge on any atom is 0.416 e. The van der Waals surface area contributed by atoms with Gasteiger partial charge in [-0.25, -0.2) is 14.7 Å². The van der Waals surface area contributed by atoms with Crippen molar-refractivity contribution in [2.24, 2.45) is 0 Å². The number of hydrogen-bond acceptors (Lipinski definition) is 4. The van der Waals surface area contributed by atoms with Crippen molar-refractivity contribution in [3.63, 3.8) is 0 Å². The van der Waals surface area contributed by atoms with Crippen LogP contribution in [0.15, 0.2) is 42.6 Å². The predicted molar refractivity (Wildman–Crippen MR) is 77.6 cm³/mol. The van der Waals surface area contributed by atoms with Gasteiger partial charge in [0, 0.05) is 5.69 Å². The predicted octanol–water partition coefficient (Wildman–Crippen LogP) is 2.78.